The zero-order valence-corrected chi connectivity index (χ0v) is 17.3. The lowest BCUT2D eigenvalue weighted by Gasteiger charge is -2.11. The lowest BCUT2D eigenvalue weighted by molar-refractivity contribution is 0.0976. The quantitative estimate of drug-likeness (QED) is 0.409. The molecule has 0 aliphatic heterocycles. The minimum atomic E-state index is -0.243. The fraction of sp³-hybridized carbons (Fsp3) is 0.556. The zero-order chi connectivity index (χ0) is 18.5. The number of nitrogens with one attached hydrogen (secondary N) is 2. The molecule has 5 nitrogen and oxygen atoms in total. The number of thiocarbonyl (C=S) groups is 1. The summed E-state index contributed by atoms with van der Waals surface area (Å²) in [5, 5.41) is 6.13. The minimum Gasteiger partial charge on any atom is -0.490 e. The highest BCUT2D eigenvalue weighted by molar-refractivity contribution is 9.10. The molecule has 1 rings (SSSR count). The number of carbonyl (C=O) groups is 1. The van der Waals surface area contributed by atoms with E-state index in [1.807, 2.05) is 0 Å². The second-order valence-corrected chi connectivity index (χ2v) is 6.87. The molecule has 1 amide bonds. The highest BCUT2D eigenvalue weighted by atomic mass is 79.9. The molecule has 1 aromatic rings. The van der Waals surface area contributed by atoms with Crippen LogP contribution in [0.3, 0.4) is 0 Å². The third kappa shape index (κ3) is 9.18. The molecule has 0 aliphatic rings. The number of carbonyl (C=O) groups excluding carboxylic acids is 1. The molecule has 0 spiro atoms. The van der Waals surface area contributed by atoms with Crippen LogP contribution >= 0.6 is 28.1 Å². The largest absolute Gasteiger partial charge is 0.490 e. The second kappa shape index (κ2) is 13.1. The SMILES string of the molecule is CCCCCCCNC(=S)NC(=O)c1ccc(OCCOC)c(Br)c1. The van der Waals surface area contributed by atoms with E-state index < -0.39 is 0 Å². The zero-order valence-electron chi connectivity index (χ0n) is 14.9. The number of ether oxygens (including phenoxy) is 2. The maximum Gasteiger partial charge on any atom is 0.257 e. The van der Waals surface area contributed by atoms with Gasteiger partial charge in [0.1, 0.15) is 12.4 Å². The molecule has 0 bridgehead atoms. The fourth-order valence-electron chi connectivity index (χ4n) is 2.14. The molecule has 0 atom stereocenters. The van der Waals surface area contributed by atoms with Crippen LogP contribution < -0.4 is 15.4 Å². The molecular formula is C18H27BrN2O3S. The number of unbranched alkanes of at least 4 members (excludes halogenated alkanes) is 4. The first-order valence-electron chi connectivity index (χ1n) is 8.59. The fourth-order valence-corrected chi connectivity index (χ4v) is 2.83. The summed E-state index contributed by atoms with van der Waals surface area (Å²) < 4.78 is 11.2. The molecule has 0 aliphatic carbocycles. The van der Waals surface area contributed by atoms with E-state index >= 15 is 0 Å². The summed E-state index contributed by atoms with van der Waals surface area (Å²) in [5.41, 5.74) is 0.512. The van der Waals surface area contributed by atoms with E-state index in [4.69, 9.17) is 21.7 Å². The number of hydrogen-bond acceptors (Lipinski definition) is 4. The van der Waals surface area contributed by atoms with Gasteiger partial charge in [-0.15, -0.1) is 0 Å². The van der Waals surface area contributed by atoms with Crippen LogP contribution in [0.5, 0.6) is 5.75 Å². The number of halogens is 1. The van der Waals surface area contributed by atoms with Crippen molar-refractivity contribution in [1.29, 1.82) is 0 Å². The van der Waals surface area contributed by atoms with E-state index in [1.54, 1.807) is 25.3 Å². The monoisotopic (exact) mass is 430 g/mol. The van der Waals surface area contributed by atoms with Crippen molar-refractivity contribution in [2.24, 2.45) is 0 Å². The Balaban J connectivity index is 2.38. The minimum absolute atomic E-state index is 0.243. The average molecular weight is 431 g/mol. The average Bonchev–Trinajstić information content (AvgIpc) is 2.59. The summed E-state index contributed by atoms with van der Waals surface area (Å²) >= 11 is 8.58. The Morgan fingerprint density at radius 1 is 1.20 bits per heavy atom. The molecule has 0 heterocycles. The van der Waals surface area contributed by atoms with Crippen molar-refractivity contribution in [3.63, 3.8) is 0 Å². The number of hydrogen-bond donors (Lipinski definition) is 2. The van der Waals surface area contributed by atoms with Gasteiger partial charge in [0.2, 0.25) is 0 Å². The Hall–Kier alpha value is -1.18. The van der Waals surface area contributed by atoms with Crippen LogP contribution in [0, 0.1) is 0 Å². The summed E-state index contributed by atoms with van der Waals surface area (Å²) in [6.07, 6.45) is 5.96. The summed E-state index contributed by atoms with van der Waals surface area (Å²) in [7, 11) is 1.62. The third-order valence-corrected chi connectivity index (χ3v) is 4.40. The van der Waals surface area contributed by atoms with Crippen LogP contribution in [0.2, 0.25) is 0 Å². The Labute approximate surface area is 164 Å². The van der Waals surface area contributed by atoms with Gasteiger partial charge < -0.3 is 14.8 Å². The van der Waals surface area contributed by atoms with Crippen LogP contribution in [0.15, 0.2) is 22.7 Å². The van der Waals surface area contributed by atoms with E-state index in [-0.39, 0.29) is 5.91 Å². The number of methoxy groups -OCH3 is 1. The van der Waals surface area contributed by atoms with Crippen LogP contribution in [0.25, 0.3) is 0 Å². The Kier molecular flexibility index (Phi) is 11.4. The van der Waals surface area contributed by atoms with Gasteiger partial charge >= 0.3 is 0 Å². The van der Waals surface area contributed by atoms with Crippen molar-refractivity contribution < 1.29 is 14.3 Å². The van der Waals surface area contributed by atoms with Gasteiger partial charge in [0.05, 0.1) is 11.1 Å². The summed E-state index contributed by atoms with van der Waals surface area (Å²) in [6, 6.07) is 5.17. The molecule has 0 saturated carbocycles. The molecule has 0 fully saturated rings. The van der Waals surface area contributed by atoms with Crippen LogP contribution in [-0.4, -0.2) is 37.9 Å². The van der Waals surface area contributed by atoms with E-state index in [0.717, 1.165) is 13.0 Å². The molecule has 0 saturated heterocycles. The predicted octanol–water partition coefficient (Wildman–Crippen LogP) is 4.05. The molecule has 0 radical (unpaired) electrons. The van der Waals surface area contributed by atoms with Crippen LogP contribution in [0.1, 0.15) is 49.4 Å². The number of rotatable bonds is 11. The second-order valence-electron chi connectivity index (χ2n) is 5.61. The molecule has 0 unspecified atom stereocenters. The predicted molar refractivity (Wildman–Crippen MR) is 108 cm³/mol. The van der Waals surface area contributed by atoms with Crippen molar-refractivity contribution in [3.05, 3.63) is 28.2 Å². The standard InChI is InChI=1S/C18H27BrN2O3S/c1-3-4-5-6-7-10-20-18(25)21-17(22)14-8-9-16(15(19)13-14)24-12-11-23-2/h8-9,13H,3-7,10-12H2,1-2H3,(H2,20,21,22,25). The maximum absolute atomic E-state index is 12.2. The molecule has 0 aromatic heterocycles. The first kappa shape index (κ1) is 21.9. The van der Waals surface area contributed by atoms with Crippen LogP contribution in [0.4, 0.5) is 0 Å². The van der Waals surface area contributed by atoms with Gasteiger partial charge in [-0.05, 0) is 52.8 Å². The Bertz CT molecular complexity index is 555. The van der Waals surface area contributed by atoms with Gasteiger partial charge in [-0.3, -0.25) is 10.1 Å². The van der Waals surface area contributed by atoms with Gasteiger partial charge in [-0.1, -0.05) is 32.6 Å². The Morgan fingerprint density at radius 3 is 2.64 bits per heavy atom. The smallest absolute Gasteiger partial charge is 0.257 e. The highest BCUT2D eigenvalue weighted by Crippen LogP contribution is 2.26. The maximum atomic E-state index is 12.2. The van der Waals surface area contributed by atoms with Crippen molar-refractivity contribution >= 4 is 39.2 Å². The highest BCUT2D eigenvalue weighted by Gasteiger charge is 2.10. The molecule has 7 heteroatoms. The first-order valence-corrected chi connectivity index (χ1v) is 9.79. The van der Waals surface area contributed by atoms with Crippen molar-refractivity contribution in [2.45, 2.75) is 39.0 Å². The summed E-state index contributed by atoms with van der Waals surface area (Å²) in [4.78, 5) is 12.2. The molecule has 140 valence electrons. The molecule has 1 aromatic carbocycles. The molecular weight excluding hydrogens is 404 g/mol. The van der Waals surface area contributed by atoms with Gasteiger partial charge in [0, 0.05) is 19.2 Å². The van der Waals surface area contributed by atoms with Crippen molar-refractivity contribution in [1.82, 2.24) is 10.6 Å². The molecule has 25 heavy (non-hydrogen) atoms. The van der Waals surface area contributed by atoms with Gasteiger partial charge in [0.15, 0.2) is 5.11 Å². The summed E-state index contributed by atoms with van der Waals surface area (Å²) in [5.74, 6) is 0.425. The van der Waals surface area contributed by atoms with Gasteiger partial charge in [0.25, 0.3) is 5.91 Å². The van der Waals surface area contributed by atoms with E-state index in [1.165, 1.54) is 25.7 Å². The van der Waals surface area contributed by atoms with Crippen molar-refractivity contribution in [3.8, 4) is 5.75 Å². The topological polar surface area (TPSA) is 59.6 Å². The lowest BCUT2D eigenvalue weighted by Crippen LogP contribution is -2.39. The normalized spacial score (nSPS) is 10.4. The third-order valence-electron chi connectivity index (χ3n) is 3.53. The van der Waals surface area contributed by atoms with E-state index in [9.17, 15) is 4.79 Å². The van der Waals surface area contributed by atoms with Gasteiger partial charge in [-0.2, -0.15) is 0 Å². The number of benzene rings is 1. The lowest BCUT2D eigenvalue weighted by atomic mass is 10.1. The van der Waals surface area contributed by atoms with E-state index in [2.05, 4.69) is 33.5 Å². The summed E-state index contributed by atoms with van der Waals surface area (Å²) in [6.45, 7) is 3.93. The molecule has 2 N–H and O–H groups in total. The first-order chi connectivity index (χ1) is 12.1. The van der Waals surface area contributed by atoms with Crippen LogP contribution in [-0.2, 0) is 4.74 Å². The van der Waals surface area contributed by atoms with Crippen molar-refractivity contribution in [2.75, 3.05) is 26.9 Å². The van der Waals surface area contributed by atoms with Gasteiger partial charge in [-0.25, -0.2) is 0 Å². The number of amides is 1. The Morgan fingerprint density at radius 2 is 1.96 bits per heavy atom. The van der Waals surface area contributed by atoms with E-state index in [0.29, 0.717) is 34.1 Å².